The van der Waals surface area contributed by atoms with Gasteiger partial charge < -0.3 is 15.2 Å². The first kappa shape index (κ1) is 18.4. The molecule has 0 radical (unpaired) electrons. The van der Waals surface area contributed by atoms with Crippen LogP contribution in [-0.2, 0) is 6.54 Å². The summed E-state index contributed by atoms with van der Waals surface area (Å²) in [5.74, 6) is -0.500. The molecule has 0 aliphatic heterocycles. The minimum atomic E-state index is -0.473. The number of aliphatic hydroxyl groups excluding tert-OH is 1. The van der Waals surface area contributed by atoms with Gasteiger partial charge in [-0.2, -0.15) is 5.10 Å². The molecule has 26 heavy (non-hydrogen) atoms. The fraction of sp³-hybridized carbons (Fsp3) is 0.474. The molecule has 140 valence electrons. The Morgan fingerprint density at radius 3 is 2.77 bits per heavy atom. The van der Waals surface area contributed by atoms with E-state index in [1.54, 1.807) is 23.0 Å². The molecular formula is C19H24FN3O3. The molecule has 3 rings (SSSR count). The van der Waals surface area contributed by atoms with Gasteiger partial charge in [-0.05, 0) is 50.3 Å². The van der Waals surface area contributed by atoms with E-state index >= 15 is 0 Å². The van der Waals surface area contributed by atoms with Gasteiger partial charge in [0.2, 0.25) is 0 Å². The van der Waals surface area contributed by atoms with Gasteiger partial charge in [0.15, 0.2) is 11.6 Å². The van der Waals surface area contributed by atoms with Crippen molar-refractivity contribution in [3.8, 4) is 5.75 Å². The number of nitrogens with one attached hydrogen (secondary N) is 1. The highest BCUT2D eigenvalue weighted by Crippen LogP contribution is 2.39. The maximum absolute atomic E-state index is 14.1. The van der Waals surface area contributed by atoms with Gasteiger partial charge >= 0.3 is 0 Å². The SMILES string of the molecule is CCn1ncc(C(=O)N[C@H](c2ccc(OC)c(F)c2)C2CC(O)C2)c1C. The molecule has 1 saturated carbocycles. The number of carbonyl (C=O) groups is 1. The summed E-state index contributed by atoms with van der Waals surface area (Å²) >= 11 is 0. The molecule has 1 aliphatic rings. The molecule has 0 saturated heterocycles. The van der Waals surface area contributed by atoms with E-state index in [0.29, 0.717) is 30.5 Å². The van der Waals surface area contributed by atoms with Crippen LogP contribution in [0.25, 0.3) is 0 Å². The minimum absolute atomic E-state index is 0.0586. The highest BCUT2D eigenvalue weighted by Gasteiger charge is 2.36. The highest BCUT2D eigenvalue weighted by molar-refractivity contribution is 5.95. The van der Waals surface area contributed by atoms with E-state index in [2.05, 4.69) is 10.4 Å². The Kier molecular flexibility index (Phi) is 5.27. The van der Waals surface area contributed by atoms with Gasteiger partial charge in [-0.3, -0.25) is 9.48 Å². The smallest absolute Gasteiger partial charge is 0.255 e. The normalized spacial score (nSPS) is 20.3. The zero-order valence-electron chi connectivity index (χ0n) is 15.2. The zero-order valence-corrected chi connectivity index (χ0v) is 15.2. The predicted molar refractivity (Wildman–Crippen MR) is 94.5 cm³/mol. The molecule has 1 heterocycles. The van der Waals surface area contributed by atoms with Crippen molar-refractivity contribution in [1.82, 2.24) is 15.1 Å². The number of benzene rings is 1. The van der Waals surface area contributed by atoms with Gasteiger partial charge in [0, 0.05) is 12.2 Å². The molecule has 2 aromatic rings. The summed E-state index contributed by atoms with van der Waals surface area (Å²) in [6.07, 6.45) is 2.33. The third kappa shape index (κ3) is 3.44. The van der Waals surface area contributed by atoms with E-state index in [1.807, 2.05) is 13.8 Å². The lowest BCUT2D eigenvalue weighted by molar-refractivity contribution is 0.0234. The Balaban J connectivity index is 1.86. The number of ether oxygens (including phenoxy) is 1. The van der Waals surface area contributed by atoms with Crippen molar-refractivity contribution in [2.24, 2.45) is 5.92 Å². The fourth-order valence-electron chi connectivity index (χ4n) is 3.46. The van der Waals surface area contributed by atoms with Crippen molar-refractivity contribution < 1.29 is 19.0 Å². The molecule has 1 aromatic carbocycles. The number of nitrogens with zero attached hydrogens (tertiary/aromatic N) is 2. The highest BCUT2D eigenvalue weighted by atomic mass is 19.1. The van der Waals surface area contributed by atoms with E-state index in [1.165, 1.54) is 13.2 Å². The average Bonchev–Trinajstić information content (AvgIpc) is 2.97. The summed E-state index contributed by atoms with van der Waals surface area (Å²) in [6, 6.07) is 4.31. The fourth-order valence-corrected chi connectivity index (χ4v) is 3.46. The molecule has 1 aromatic heterocycles. The molecule has 1 fully saturated rings. The monoisotopic (exact) mass is 361 g/mol. The van der Waals surface area contributed by atoms with Crippen LogP contribution in [0.2, 0.25) is 0 Å². The van der Waals surface area contributed by atoms with Gasteiger partial charge in [0.05, 0.1) is 31.0 Å². The lowest BCUT2D eigenvalue weighted by Gasteiger charge is -2.38. The van der Waals surface area contributed by atoms with Crippen molar-refractivity contribution in [1.29, 1.82) is 0 Å². The van der Waals surface area contributed by atoms with Crippen LogP contribution in [0.3, 0.4) is 0 Å². The topological polar surface area (TPSA) is 76.4 Å². The van der Waals surface area contributed by atoms with E-state index in [4.69, 9.17) is 4.74 Å². The Morgan fingerprint density at radius 2 is 2.23 bits per heavy atom. The lowest BCUT2D eigenvalue weighted by Crippen LogP contribution is -2.41. The second-order valence-electron chi connectivity index (χ2n) is 6.69. The van der Waals surface area contributed by atoms with Crippen LogP contribution >= 0.6 is 0 Å². The van der Waals surface area contributed by atoms with E-state index < -0.39 is 5.82 Å². The van der Waals surface area contributed by atoms with E-state index in [-0.39, 0.29) is 29.7 Å². The molecule has 0 unspecified atom stereocenters. The Morgan fingerprint density at radius 1 is 1.50 bits per heavy atom. The number of rotatable bonds is 6. The van der Waals surface area contributed by atoms with Crippen LogP contribution in [0.1, 0.15) is 47.4 Å². The summed E-state index contributed by atoms with van der Waals surface area (Å²) in [4.78, 5) is 12.8. The predicted octanol–water partition coefficient (Wildman–Crippen LogP) is 2.60. The number of methoxy groups -OCH3 is 1. The third-order valence-electron chi connectivity index (χ3n) is 5.09. The van der Waals surface area contributed by atoms with Gasteiger partial charge in [-0.1, -0.05) is 6.07 Å². The summed E-state index contributed by atoms with van der Waals surface area (Å²) in [5.41, 5.74) is 1.96. The Bertz CT molecular complexity index is 799. The van der Waals surface area contributed by atoms with E-state index in [0.717, 1.165) is 5.69 Å². The number of carbonyl (C=O) groups excluding carboxylic acids is 1. The van der Waals surface area contributed by atoms with Crippen LogP contribution in [0, 0.1) is 18.7 Å². The number of hydrogen-bond acceptors (Lipinski definition) is 4. The average molecular weight is 361 g/mol. The maximum Gasteiger partial charge on any atom is 0.255 e. The summed E-state index contributed by atoms with van der Waals surface area (Å²) in [5, 5.41) is 16.9. The molecule has 2 N–H and O–H groups in total. The van der Waals surface area contributed by atoms with Crippen molar-refractivity contribution in [2.45, 2.75) is 45.4 Å². The van der Waals surface area contributed by atoms with Crippen molar-refractivity contribution in [3.05, 3.63) is 47.0 Å². The lowest BCUT2D eigenvalue weighted by atomic mass is 9.75. The van der Waals surface area contributed by atoms with Crippen LogP contribution in [0.4, 0.5) is 4.39 Å². The number of hydrogen-bond donors (Lipinski definition) is 2. The zero-order chi connectivity index (χ0) is 18.8. The molecular weight excluding hydrogens is 337 g/mol. The van der Waals surface area contributed by atoms with Gasteiger partial charge in [-0.25, -0.2) is 4.39 Å². The number of amides is 1. The first-order chi connectivity index (χ1) is 12.4. The molecule has 7 heteroatoms. The first-order valence-electron chi connectivity index (χ1n) is 8.79. The second-order valence-corrected chi connectivity index (χ2v) is 6.69. The van der Waals surface area contributed by atoms with Crippen LogP contribution in [-0.4, -0.2) is 34.0 Å². The molecule has 0 bridgehead atoms. The van der Waals surface area contributed by atoms with Crippen LogP contribution < -0.4 is 10.1 Å². The van der Waals surface area contributed by atoms with Gasteiger partial charge in [0.25, 0.3) is 5.91 Å². The van der Waals surface area contributed by atoms with Crippen LogP contribution in [0.5, 0.6) is 5.75 Å². The molecule has 1 amide bonds. The standard InChI is InChI=1S/C19H24FN3O3/c1-4-23-11(2)15(10-21-23)19(25)22-18(13-7-14(24)8-13)12-5-6-17(26-3)16(20)9-12/h5-6,9-10,13-14,18,24H,4,7-8H2,1-3H3,(H,22,25)/t13?,14?,18-/m1/s1. The number of aromatic nitrogens is 2. The Labute approximate surface area is 152 Å². The quantitative estimate of drug-likeness (QED) is 0.829. The third-order valence-corrected chi connectivity index (χ3v) is 5.09. The van der Waals surface area contributed by atoms with Crippen molar-refractivity contribution in [3.63, 3.8) is 0 Å². The molecule has 6 nitrogen and oxygen atoms in total. The maximum atomic E-state index is 14.1. The van der Waals surface area contributed by atoms with E-state index in [9.17, 15) is 14.3 Å². The van der Waals surface area contributed by atoms with Crippen LogP contribution in [0.15, 0.2) is 24.4 Å². The summed E-state index contributed by atoms with van der Waals surface area (Å²) in [7, 11) is 1.41. The number of halogens is 1. The first-order valence-corrected chi connectivity index (χ1v) is 8.79. The molecule has 1 atom stereocenters. The van der Waals surface area contributed by atoms with Gasteiger partial charge in [0.1, 0.15) is 0 Å². The summed E-state index contributed by atoms with van der Waals surface area (Å²) in [6.45, 7) is 4.49. The molecule has 0 spiro atoms. The molecule has 1 aliphatic carbocycles. The van der Waals surface area contributed by atoms with Crippen molar-refractivity contribution in [2.75, 3.05) is 7.11 Å². The number of aryl methyl sites for hydroxylation is 1. The second kappa shape index (κ2) is 7.45. The van der Waals surface area contributed by atoms with Crippen molar-refractivity contribution >= 4 is 5.91 Å². The minimum Gasteiger partial charge on any atom is -0.494 e. The summed E-state index contributed by atoms with van der Waals surface area (Å²) < 4.78 is 20.9. The Hall–Kier alpha value is -2.41. The van der Waals surface area contributed by atoms with Gasteiger partial charge in [-0.15, -0.1) is 0 Å². The number of aliphatic hydroxyl groups is 1. The largest absolute Gasteiger partial charge is 0.494 e.